The lowest BCUT2D eigenvalue weighted by atomic mass is 10.2. The maximum Gasteiger partial charge on any atom is 0.218 e. The Hall–Kier alpha value is -0.950. The van der Waals surface area contributed by atoms with Crippen LogP contribution in [-0.4, -0.2) is 43.6 Å². The van der Waals surface area contributed by atoms with Crippen LogP contribution in [0, 0.1) is 0 Å². The van der Waals surface area contributed by atoms with Crippen LogP contribution in [0.5, 0.6) is 0 Å². The molecule has 0 aromatic heterocycles. The van der Waals surface area contributed by atoms with Crippen molar-refractivity contribution in [2.75, 3.05) is 19.7 Å². The minimum atomic E-state index is -3.32. The summed E-state index contributed by atoms with van der Waals surface area (Å²) in [6.45, 7) is 3.40. The molecule has 1 fully saturated rings. The highest BCUT2D eigenvalue weighted by Gasteiger charge is 2.26. The van der Waals surface area contributed by atoms with Crippen molar-refractivity contribution in [2.24, 2.45) is 0 Å². The molecule has 0 bridgehead atoms. The maximum atomic E-state index is 12.4. The molecule has 1 aromatic carbocycles. The minimum Gasteiger partial charge on any atom is -0.392 e. The van der Waals surface area contributed by atoms with E-state index in [4.69, 9.17) is 9.84 Å². The Morgan fingerprint density at radius 1 is 1.30 bits per heavy atom. The van der Waals surface area contributed by atoms with Crippen molar-refractivity contribution in [3.05, 3.63) is 35.4 Å². The SMILES string of the molecule is CC1CN(S(=O)(=O)Cc2ccc(CO)cc2)CCCO1. The topological polar surface area (TPSA) is 66.8 Å². The molecule has 1 saturated heterocycles. The summed E-state index contributed by atoms with van der Waals surface area (Å²) in [6, 6.07) is 7.00. The summed E-state index contributed by atoms with van der Waals surface area (Å²) in [5.41, 5.74) is 1.52. The lowest BCUT2D eigenvalue weighted by molar-refractivity contribution is 0.0752. The second-order valence-electron chi connectivity index (χ2n) is 5.12. The third-order valence-corrected chi connectivity index (χ3v) is 5.18. The first kappa shape index (κ1) is 15.4. The number of sulfonamides is 1. The van der Waals surface area contributed by atoms with Crippen LogP contribution in [0.3, 0.4) is 0 Å². The Kier molecular flexibility index (Phi) is 5.15. The van der Waals surface area contributed by atoms with Gasteiger partial charge in [0.1, 0.15) is 0 Å². The molecule has 1 unspecified atom stereocenters. The van der Waals surface area contributed by atoms with E-state index in [1.807, 2.05) is 6.92 Å². The van der Waals surface area contributed by atoms with E-state index in [9.17, 15) is 8.42 Å². The quantitative estimate of drug-likeness (QED) is 0.905. The predicted octanol–water partition coefficient (Wildman–Crippen LogP) is 1.12. The summed E-state index contributed by atoms with van der Waals surface area (Å²) in [4.78, 5) is 0. The van der Waals surface area contributed by atoms with Crippen LogP contribution in [0.1, 0.15) is 24.5 Å². The molecule has 0 saturated carbocycles. The number of hydrogen-bond donors (Lipinski definition) is 1. The van der Waals surface area contributed by atoms with Gasteiger partial charge < -0.3 is 9.84 Å². The fourth-order valence-corrected chi connectivity index (χ4v) is 3.89. The van der Waals surface area contributed by atoms with Crippen LogP contribution in [0.15, 0.2) is 24.3 Å². The summed E-state index contributed by atoms with van der Waals surface area (Å²) in [6.07, 6.45) is 0.663. The molecule has 1 N–H and O–H groups in total. The highest BCUT2D eigenvalue weighted by atomic mass is 32.2. The Morgan fingerprint density at radius 2 is 1.95 bits per heavy atom. The van der Waals surface area contributed by atoms with Gasteiger partial charge in [-0.05, 0) is 24.5 Å². The van der Waals surface area contributed by atoms with E-state index in [2.05, 4.69) is 0 Å². The number of ether oxygens (including phenoxy) is 1. The predicted molar refractivity (Wildman–Crippen MR) is 76.6 cm³/mol. The summed E-state index contributed by atoms with van der Waals surface area (Å²) in [5, 5.41) is 8.98. The molecule has 112 valence electrons. The lowest BCUT2D eigenvalue weighted by Gasteiger charge is -2.21. The van der Waals surface area contributed by atoms with E-state index in [-0.39, 0.29) is 18.5 Å². The van der Waals surface area contributed by atoms with Gasteiger partial charge in [-0.15, -0.1) is 0 Å². The molecule has 0 radical (unpaired) electrons. The van der Waals surface area contributed by atoms with Crippen molar-refractivity contribution < 1.29 is 18.3 Å². The number of benzene rings is 1. The summed E-state index contributed by atoms with van der Waals surface area (Å²) < 4.78 is 31.9. The molecule has 1 aliphatic heterocycles. The maximum absolute atomic E-state index is 12.4. The molecule has 1 aromatic rings. The van der Waals surface area contributed by atoms with E-state index in [0.717, 1.165) is 17.5 Å². The number of rotatable bonds is 4. The van der Waals surface area contributed by atoms with Crippen molar-refractivity contribution in [1.29, 1.82) is 0 Å². The van der Waals surface area contributed by atoms with Crippen molar-refractivity contribution in [1.82, 2.24) is 4.31 Å². The van der Waals surface area contributed by atoms with Gasteiger partial charge in [-0.2, -0.15) is 4.31 Å². The van der Waals surface area contributed by atoms with Crippen LogP contribution in [0.2, 0.25) is 0 Å². The summed E-state index contributed by atoms with van der Waals surface area (Å²) in [7, 11) is -3.32. The van der Waals surface area contributed by atoms with Gasteiger partial charge in [0.05, 0.1) is 18.5 Å². The van der Waals surface area contributed by atoms with Crippen molar-refractivity contribution in [3.63, 3.8) is 0 Å². The molecule has 1 heterocycles. The lowest BCUT2D eigenvalue weighted by Crippen LogP contribution is -2.36. The second-order valence-corrected chi connectivity index (χ2v) is 7.09. The standard InChI is InChI=1S/C14H21NO4S/c1-12-9-15(7-2-8-19-12)20(17,18)11-14-5-3-13(10-16)4-6-14/h3-6,12,16H,2,7-11H2,1H3. The third kappa shape index (κ3) is 4.02. The molecule has 0 spiro atoms. The molecular weight excluding hydrogens is 278 g/mol. The third-order valence-electron chi connectivity index (χ3n) is 3.36. The molecule has 6 heteroatoms. The Labute approximate surface area is 120 Å². The van der Waals surface area contributed by atoms with Gasteiger partial charge in [0.15, 0.2) is 0 Å². The highest BCUT2D eigenvalue weighted by Crippen LogP contribution is 2.15. The fraction of sp³-hybridized carbons (Fsp3) is 0.571. The van der Waals surface area contributed by atoms with Gasteiger partial charge in [0.25, 0.3) is 0 Å². The summed E-state index contributed by atoms with van der Waals surface area (Å²) >= 11 is 0. The van der Waals surface area contributed by atoms with E-state index in [0.29, 0.717) is 19.7 Å². The monoisotopic (exact) mass is 299 g/mol. The van der Waals surface area contributed by atoms with Gasteiger partial charge >= 0.3 is 0 Å². The molecule has 0 aliphatic carbocycles. The van der Waals surface area contributed by atoms with Gasteiger partial charge in [-0.3, -0.25) is 0 Å². The van der Waals surface area contributed by atoms with Crippen molar-refractivity contribution in [2.45, 2.75) is 31.8 Å². The first-order chi connectivity index (χ1) is 9.51. The van der Waals surface area contributed by atoms with Crippen LogP contribution in [0.25, 0.3) is 0 Å². The molecular formula is C14H21NO4S. The molecule has 1 aliphatic rings. The Bertz CT molecular complexity index is 527. The molecule has 2 rings (SSSR count). The zero-order chi connectivity index (χ0) is 14.6. The van der Waals surface area contributed by atoms with E-state index < -0.39 is 10.0 Å². The normalized spacial score (nSPS) is 21.6. The fourth-order valence-electron chi connectivity index (χ4n) is 2.25. The smallest absolute Gasteiger partial charge is 0.218 e. The molecule has 0 amide bonds. The first-order valence-corrected chi connectivity index (χ1v) is 8.40. The molecule has 5 nitrogen and oxygen atoms in total. The van der Waals surface area contributed by atoms with E-state index >= 15 is 0 Å². The van der Waals surface area contributed by atoms with Crippen LogP contribution >= 0.6 is 0 Å². The van der Waals surface area contributed by atoms with E-state index in [1.165, 1.54) is 4.31 Å². The van der Waals surface area contributed by atoms with Crippen molar-refractivity contribution >= 4 is 10.0 Å². The van der Waals surface area contributed by atoms with Gasteiger partial charge in [0, 0.05) is 19.7 Å². The summed E-state index contributed by atoms with van der Waals surface area (Å²) in [5.74, 6) is -0.00850. The average Bonchev–Trinajstić information content (AvgIpc) is 2.64. The van der Waals surface area contributed by atoms with Crippen LogP contribution in [-0.2, 0) is 27.1 Å². The van der Waals surface area contributed by atoms with Gasteiger partial charge in [0.2, 0.25) is 10.0 Å². The van der Waals surface area contributed by atoms with Crippen molar-refractivity contribution in [3.8, 4) is 0 Å². The second kappa shape index (κ2) is 6.67. The van der Waals surface area contributed by atoms with Gasteiger partial charge in [-0.1, -0.05) is 24.3 Å². The number of nitrogens with zero attached hydrogens (tertiary/aromatic N) is 1. The van der Waals surface area contributed by atoms with E-state index in [1.54, 1.807) is 24.3 Å². The Balaban J connectivity index is 2.08. The number of aliphatic hydroxyl groups is 1. The van der Waals surface area contributed by atoms with Crippen LogP contribution in [0.4, 0.5) is 0 Å². The zero-order valence-electron chi connectivity index (χ0n) is 11.7. The Morgan fingerprint density at radius 3 is 2.60 bits per heavy atom. The zero-order valence-corrected chi connectivity index (χ0v) is 12.5. The number of aliphatic hydroxyl groups excluding tert-OH is 1. The number of hydrogen-bond acceptors (Lipinski definition) is 4. The largest absolute Gasteiger partial charge is 0.392 e. The van der Waals surface area contributed by atoms with Crippen LogP contribution < -0.4 is 0 Å². The minimum absolute atomic E-state index is 0.00850. The molecule has 1 atom stereocenters. The highest BCUT2D eigenvalue weighted by molar-refractivity contribution is 7.88. The van der Waals surface area contributed by atoms with Gasteiger partial charge in [-0.25, -0.2) is 8.42 Å². The average molecular weight is 299 g/mol. The molecule has 20 heavy (non-hydrogen) atoms. The first-order valence-electron chi connectivity index (χ1n) is 6.79.